The number of hydrazone groups is 1. The molecule has 1 aliphatic rings. The zero-order chi connectivity index (χ0) is 16.0. The van der Waals surface area contributed by atoms with E-state index in [1.807, 2.05) is 0 Å². The number of carbonyl (C=O) groups is 1. The highest BCUT2D eigenvalue weighted by molar-refractivity contribution is 7.89. The van der Waals surface area contributed by atoms with Gasteiger partial charge in [-0.25, -0.2) is 18.1 Å². The molecule has 0 saturated carbocycles. The monoisotopic (exact) mass is 324 g/mol. The first-order valence-electron chi connectivity index (χ1n) is 7.23. The summed E-state index contributed by atoms with van der Waals surface area (Å²) in [7, 11) is -3.24. The topological polar surface area (TPSA) is 91.7 Å². The maximum Gasteiger partial charge on any atom is 0.244 e. The first kappa shape index (κ1) is 16.6. The zero-order valence-electron chi connectivity index (χ0n) is 12.5. The van der Waals surface area contributed by atoms with Gasteiger partial charge in [-0.05, 0) is 37.5 Å². The van der Waals surface area contributed by atoms with Gasteiger partial charge in [0, 0.05) is 25.5 Å². The van der Waals surface area contributed by atoms with E-state index in [0.717, 1.165) is 5.56 Å². The molecule has 2 rings (SSSR count). The average Bonchev–Trinajstić information content (AvgIpc) is 2.56. The predicted octanol–water partition coefficient (Wildman–Crippen LogP) is 0.593. The molecule has 7 nitrogen and oxygen atoms in total. The fourth-order valence-corrected chi connectivity index (χ4v) is 3.48. The minimum atomic E-state index is -3.24. The van der Waals surface area contributed by atoms with Crippen molar-refractivity contribution in [3.05, 3.63) is 30.1 Å². The highest BCUT2D eigenvalue weighted by Crippen LogP contribution is 2.19. The van der Waals surface area contributed by atoms with Crippen LogP contribution < -0.4 is 5.43 Å². The largest absolute Gasteiger partial charge is 0.273 e. The van der Waals surface area contributed by atoms with Crippen LogP contribution in [0, 0.1) is 5.92 Å². The Labute approximate surface area is 130 Å². The normalized spacial score (nSPS) is 20.1. The maximum absolute atomic E-state index is 12.1. The fourth-order valence-electron chi connectivity index (χ4n) is 2.30. The third-order valence-corrected chi connectivity index (χ3v) is 5.46. The van der Waals surface area contributed by atoms with Crippen LogP contribution in [0.4, 0.5) is 0 Å². The third-order valence-electron chi connectivity index (χ3n) is 3.61. The smallest absolute Gasteiger partial charge is 0.244 e. The molecule has 1 atom stereocenters. The Hall–Kier alpha value is -1.80. The summed E-state index contributed by atoms with van der Waals surface area (Å²) in [6.45, 7) is 2.32. The summed E-state index contributed by atoms with van der Waals surface area (Å²) in [6, 6.07) is 3.54. The molecule has 1 amide bonds. The van der Waals surface area contributed by atoms with Crippen LogP contribution in [0.5, 0.6) is 0 Å². The zero-order valence-corrected chi connectivity index (χ0v) is 13.3. The summed E-state index contributed by atoms with van der Waals surface area (Å²) in [5, 5.41) is 3.90. The Bertz CT molecular complexity index is 631. The van der Waals surface area contributed by atoms with Gasteiger partial charge in [-0.15, -0.1) is 0 Å². The molecule has 1 N–H and O–H groups in total. The Balaban J connectivity index is 1.91. The van der Waals surface area contributed by atoms with E-state index in [1.165, 1.54) is 10.5 Å². The molecule has 0 radical (unpaired) electrons. The number of nitrogens with one attached hydrogen (secondary N) is 1. The number of aromatic nitrogens is 1. The van der Waals surface area contributed by atoms with Crippen molar-refractivity contribution in [2.75, 3.05) is 18.8 Å². The van der Waals surface area contributed by atoms with Crippen LogP contribution >= 0.6 is 0 Å². The van der Waals surface area contributed by atoms with E-state index in [-0.39, 0.29) is 24.1 Å². The number of rotatable bonds is 5. The molecule has 0 aliphatic carbocycles. The number of hydrogen-bond donors (Lipinski definition) is 1. The molecule has 0 bridgehead atoms. The molecule has 0 aromatic carbocycles. The van der Waals surface area contributed by atoms with Crippen molar-refractivity contribution in [2.24, 2.45) is 11.0 Å². The predicted molar refractivity (Wildman–Crippen MR) is 83.7 cm³/mol. The first-order valence-corrected chi connectivity index (χ1v) is 8.84. The summed E-state index contributed by atoms with van der Waals surface area (Å²) in [4.78, 5) is 16.0. The van der Waals surface area contributed by atoms with E-state index in [2.05, 4.69) is 15.5 Å². The van der Waals surface area contributed by atoms with Gasteiger partial charge in [-0.1, -0.05) is 0 Å². The molecular weight excluding hydrogens is 304 g/mol. The Morgan fingerprint density at radius 2 is 2.23 bits per heavy atom. The molecule has 1 fully saturated rings. The highest BCUT2D eigenvalue weighted by atomic mass is 32.2. The van der Waals surface area contributed by atoms with Crippen LogP contribution in [-0.4, -0.2) is 48.7 Å². The van der Waals surface area contributed by atoms with Gasteiger partial charge >= 0.3 is 0 Å². The molecule has 1 aromatic heterocycles. The highest BCUT2D eigenvalue weighted by Gasteiger charge is 2.31. The van der Waals surface area contributed by atoms with E-state index in [9.17, 15) is 13.2 Å². The summed E-state index contributed by atoms with van der Waals surface area (Å²) in [5.41, 5.74) is 3.31. The molecule has 120 valence electrons. The second-order valence-electron chi connectivity index (χ2n) is 5.11. The lowest BCUT2D eigenvalue weighted by Gasteiger charge is -2.30. The van der Waals surface area contributed by atoms with Crippen LogP contribution in [0.2, 0.25) is 0 Å². The van der Waals surface area contributed by atoms with Gasteiger partial charge < -0.3 is 0 Å². The Morgan fingerprint density at radius 3 is 2.91 bits per heavy atom. The van der Waals surface area contributed by atoms with Crippen molar-refractivity contribution in [3.8, 4) is 0 Å². The van der Waals surface area contributed by atoms with Gasteiger partial charge in [-0.3, -0.25) is 9.78 Å². The molecular formula is C14H20N4O3S. The molecule has 0 spiro atoms. The van der Waals surface area contributed by atoms with Crippen molar-refractivity contribution in [1.82, 2.24) is 14.7 Å². The van der Waals surface area contributed by atoms with Gasteiger partial charge in [-0.2, -0.15) is 5.10 Å². The molecule has 22 heavy (non-hydrogen) atoms. The van der Waals surface area contributed by atoms with Crippen LogP contribution in [0.15, 0.2) is 29.6 Å². The number of amides is 1. The minimum absolute atomic E-state index is 0.0571. The van der Waals surface area contributed by atoms with E-state index < -0.39 is 10.0 Å². The Morgan fingerprint density at radius 1 is 1.50 bits per heavy atom. The van der Waals surface area contributed by atoms with Crippen LogP contribution in [0.1, 0.15) is 25.3 Å². The molecule has 8 heteroatoms. The van der Waals surface area contributed by atoms with Crippen LogP contribution in [0.3, 0.4) is 0 Å². The lowest BCUT2D eigenvalue weighted by molar-refractivity contribution is -0.126. The van der Waals surface area contributed by atoms with Crippen molar-refractivity contribution in [2.45, 2.75) is 19.8 Å². The van der Waals surface area contributed by atoms with E-state index in [0.29, 0.717) is 19.4 Å². The summed E-state index contributed by atoms with van der Waals surface area (Å²) in [5.74, 6) is -0.549. The standard InChI is InChI=1S/C14H20N4O3S/c1-2-22(20,21)18-9-3-4-13(11-18)14(19)17-16-10-12-5-7-15-8-6-12/h5-8,10,13H,2-4,9,11H2,1H3,(H,17,19)/b16-10-/t13-/m0/s1. The lowest BCUT2D eigenvalue weighted by atomic mass is 9.99. The summed E-state index contributed by atoms with van der Waals surface area (Å²) < 4.78 is 25.2. The number of carbonyl (C=O) groups excluding carboxylic acids is 1. The number of nitrogens with zero attached hydrogens (tertiary/aromatic N) is 3. The van der Waals surface area contributed by atoms with Crippen LogP contribution in [0.25, 0.3) is 0 Å². The van der Waals surface area contributed by atoms with Crippen molar-refractivity contribution in [1.29, 1.82) is 0 Å². The maximum atomic E-state index is 12.1. The summed E-state index contributed by atoms with van der Waals surface area (Å²) >= 11 is 0. The molecule has 1 saturated heterocycles. The number of hydrogen-bond acceptors (Lipinski definition) is 5. The van der Waals surface area contributed by atoms with Crippen molar-refractivity contribution in [3.63, 3.8) is 0 Å². The molecule has 1 aliphatic heterocycles. The summed E-state index contributed by atoms with van der Waals surface area (Å²) in [6.07, 6.45) is 6.16. The van der Waals surface area contributed by atoms with E-state index in [4.69, 9.17) is 0 Å². The number of pyridine rings is 1. The average molecular weight is 324 g/mol. The van der Waals surface area contributed by atoms with E-state index in [1.54, 1.807) is 31.5 Å². The van der Waals surface area contributed by atoms with Gasteiger partial charge in [0.2, 0.25) is 15.9 Å². The van der Waals surface area contributed by atoms with E-state index >= 15 is 0 Å². The SMILES string of the molecule is CCS(=O)(=O)N1CCC[C@H](C(=O)N/N=C\c2ccncc2)C1. The van der Waals surface area contributed by atoms with Gasteiger partial charge in [0.1, 0.15) is 0 Å². The third kappa shape index (κ3) is 4.35. The van der Waals surface area contributed by atoms with Crippen molar-refractivity contribution < 1.29 is 13.2 Å². The number of sulfonamides is 1. The molecule has 2 heterocycles. The van der Waals surface area contributed by atoms with Gasteiger partial charge in [0.25, 0.3) is 0 Å². The van der Waals surface area contributed by atoms with Crippen molar-refractivity contribution >= 4 is 22.1 Å². The second-order valence-corrected chi connectivity index (χ2v) is 7.37. The van der Waals surface area contributed by atoms with Gasteiger partial charge in [0.05, 0.1) is 17.9 Å². The van der Waals surface area contributed by atoms with Gasteiger partial charge in [0.15, 0.2) is 0 Å². The van der Waals surface area contributed by atoms with Crippen LogP contribution in [-0.2, 0) is 14.8 Å². The molecule has 1 aromatic rings. The molecule has 0 unspecified atom stereocenters. The number of piperidine rings is 1. The lowest BCUT2D eigenvalue weighted by Crippen LogP contribution is -2.45. The Kier molecular flexibility index (Phi) is 5.62. The fraction of sp³-hybridized carbons (Fsp3) is 0.500. The minimum Gasteiger partial charge on any atom is -0.273 e. The quantitative estimate of drug-likeness (QED) is 0.634. The first-order chi connectivity index (χ1) is 10.5. The second kappa shape index (κ2) is 7.46.